The third-order valence-corrected chi connectivity index (χ3v) is 5.32. The van der Waals surface area contributed by atoms with E-state index >= 15 is 0 Å². The molecule has 0 bridgehead atoms. The van der Waals surface area contributed by atoms with Crippen LogP contribution in [-0.4, -0.2) is 16.7 Å². The smallest absolute Gasteiger partial charge is 0.351 e. The molecule has 0 aliphatic carbocycles. The van der Waals surface area contributed by atoms with Crippen molar-refractivity contribution >= 4 is 11.1 Å². The summed E-state index contributed by atoms with van der Waals surface area (Å²) in [5.41, 5.74) is 1.17. The van der Waals surface area contributed by atoms with Crippen LogP contribution in [0.2, 0.25) is 0 Å². The molecular formula is C24H32N2O3. The Labute approximate surface area is 172 Å². The van der Waals surface area contributed by atoms with Gasteiger partial charge < -0.3 is 9.15 Å². The average Bonchev–Trinajstić information content (AvgIpc) is 3.12. The summed E-state index contributed by atoms with van der Waals surface area (Å²) in [4.78, 5) is 16.5. The number of rotatable bonds is 12. The third kappa shape index (κ3) is 6.21. The number of benzene rings is 1. The fourth-order valence-electron chi connectivity index (χ4n) is 3.60. The van der Waals surface area contributed by atoms with Crippen LogP contribution in [0.4, 0.5) is 0 Å². The van der Waals surface area contributed by atoms with Gasteiger partial charge in [-0.3, -0.25) is 4.57 Å². The van der Waals surface area contributed by atoms with Crippen molar-refractivity contribution in [3.8, 4) is 5.75 Å². The number of aryl methyl sites for hydroxylation is 1. The molecule has 0 radical (unpaired) electrons. The highest BCUT2D eigenvalue weighted by molar-refractivity contribution is 5.72. The molecule has 2 aromatic heterocycles. The van der Waals surface area contributed by atoms with E-state index in [2.05, 4.69) is 11.9 Å². The summed E-state index contributed by atoms with van der Waals surface area (Å²) in [5.74, 6) is 1.72. The van der Waals surface area contributed by atoms with Crippen LogP contribution in [-0.2, 0) is 13.0 Å². The van der Waals surface area contributed by atoms with Gasteiger partial charge in [-0.05, 0) is 30.2 Å². The van der Waals surface area contributed by atoms with Gasteiger partial charge in [0.2, 0.25) is 5.71 Å². The summed E-state index contributed by atoms with van der Waals surface area (Å²) < 4.78 is 12.6. The lowest BCUT2D eigenvalue weighted by Crippen LogP contribution is -2.22. The topological polar surface area (TPSA) is 57.3 Å². The number of fused-ring (bicyclic) bond motifs is 1. The Bertz CT molecular complexity index is 941. The highest BCUT2D eigenvalue weighted by Gasteiger charge is 2.09. The van der Waals surface area contributed by atoms with Crippen LogP contribution in [0, 0.1) is 0 Å². The molecule has 0 aliphatic heterocycles. The number of hydrogen-bond acceptors (Lipinski definition) is 4. The second-order valence-electron chi connectivity index (χ2n) is 7.70. The molecular weight excluding hydrogens is 364 g/mol. The zero-order chi connectivity index (χ0) is 20.5. The zero-order valence-electron chi connectivity index (χ0n) is 17.7. The van der Waals surface area contributed by atoms with Crippen molar-refractivity contribution in [2.75, 3.05) is 7.11 Å². The maximum absolute atomic E-state index is 12.3. The first kappa shape index (κ1) is 21.2. The van der Waals surface area contributed by atoms with E-state index in [9.17, 15) is 4.79 Å². The van der Waals surface area contributed by atoms with E-state index in [1.54, 1.807) is 11.7 Å². The third-order valence-electron chi connectivity index (χ3n) is 5.32. The Morgan fingerprint density at radius 1 is 1.00 bits per heavy atom. The molecule has 3 rings (SSSR count). The monoisotopic (exact) mass is 396 g/mol. The molecule has 0 aliphatic rings. The Morgan fingerprint density at radius 3 is 2.38 bits per heavy atom. The van der Waals surface area contributed by atoms with E-state index in [0.29, 0.717) is 12.3 Å². The van der Waals surface area contributed by atoms with E-state index in [-0.39, 0.29) is 5.69 Å². The van der Waals surface area contributed by atoms with Gasteiger partial charge in [-0.1, -0.05) is 64.0 Å². The van der Waals surface area contributed by atoms with Gasteiger partial charge in [-0.15, -0.1) is 0 Å². The van der Waals surface area contributed by atoms with E-state index in [0.717, 1.165) is 35.3 Å². The maximum Gasteiger partial charge on any atom is 0.351 e. The average molecular weight is 397 g/mol. The minimum Gasteiger partial charge on any atom is -0.497 e. The zero-order valence-corrected chi connectivity index (χ0v) is 17.7. The van der Waals surface area contributed by atoms with Crippen LogP contribution in [0.25, 0.3) is 11.1 Å². The molecule has 29 heavy (non-hydrogen) atoms. The molecule has 0 unspecified atom stereocenters. The van der Waals surface area contributed by atoms with Gasteiger partial charge in [0.25, 0.3) is 0 Å². The molecule has 5 nitrogen and oxygen atoms in total. The Balaban J connectivity index is 1.55. The molecule has 1 aromatic carbocycles. The summed E-state index contributed by atoms with van der Waals surface area (Å²) in [6, 6.07) is 9.72. The lowest BCUT2D eigenvalue weighted by atomic mass is 10.1. The fraction of sp³-hybridized carbons (Fsp3) is 0.500. The van der Waals surface area contributed by atoms with Gasteiger partial charge >= 0.3 is 5.69 Å². The van der Waals surface area contributed by atoms with Crippen LogP contribution < -0.4 is 10.4 Å². The molecule has 0 N–H and O–H groups in total. The van der Waals surface area contributed by atoms with Crippen LogP contribution in [0.3, 0.4) is 0 Å². The molecule has 0 saturated heterocycles. The van der Waals surface area contributed by atoms with Gasteiger partial charge in [-0.25, -0.2) is 4.79 Å². The molecule has 0 saturated carbocycles. The number of aromatic nitrogens is 2. The van der Waals surface area contributed by atoms with E-state index in [1.807, 2.05) is 36.5 Å². The normalized spacial score (nSPS) is 11.2. The first-order chi connectivity index (χ1) is 14.2. The van der Waals surface area contributed by atoms with Gasteiger partial charge in [0.05, 0.1) is 19.0 Å². The minimum absolute atomic E-state index is 0.290. The first-order valence-electron chi connectivity index (χ1n) is 10.8. The van der Waals surface area contributed by atoms with E-state index in [1.165, 1.54) is 44.9 Å². The predicted octanol–water partition coefficient (Wildman–Crippen LogP) is 5.73. The van der Waals surface area contributed by atoms with Gasteiger partial charge in [-0.2, -0.15) is 4.98 Å². The SMILES string of the molecule is CCCCCCCCCCc1cc2cn(Cc3ccc(OC)cc3)c(=O)nc2o1. The second kappa shape index (κ2) is 10.8. The van der Waals surface area contributed by atoms with Crippen LogP contribution >= 0.6 is 0 Å². The summed E-state index contributed by atoms with van der Waals surface area (Å²) in [6.45, 7) is 2.73. The number of hydrogen-bond donors (Lipinski definition) is 0. The van der Waals surface area contributed by atoms with Crippen molar-refractivity contribution in [1.82, 2.24) is 9.55 Å². The Kier molecular flexibility index (Phi) is 7.91. The van der Waals surface area contributed by atoms with E-state index in [4.69, 9.17) is 9.15 Å². The molecule has 0 amide bonds. The van der Waals surface area contributed by atoms with Crippen molar-refractivity contribution < 1.29 is 9.15 Å². The van der Waals surface area contributed by atoms with Crippen molar-refractivity contribution in [2.45, 2.75) is 71.3 Å². The van der Waals surface area contributed by atoms with Crippen molar-refractivity contribution in [3.05, 3.63) is 58.3 Å². The van der Waals surface area contributed by atoms with Crippen molar-refractivity contribution in [1.29, 1.82) is 0 Å². The number of nitrogens with zero attached hydrogens (tertiary/aromatic N) is 2. The van der Waals surface area contributed by atoms with Crippen molar-refractivity contribution in [3.63, 3.8) is 0 Å². The van der Waals surface area contributed by atoms with Crippen LogP contribution in [0.15, 0.2) is 45.7 Å². The summed E-state index contributed by atoms with van der Waals surface area (Å²) in [5, 5.41) is 0.882. The lowest BCUT2D eigenvalue weighted by molar-refractivity contribution is 0.414. The molecule has 5 heteroatoms. The number of methoxy groups -OCH3 is 1. The highest BCUT2D eigenvalue weighted by atomic mass is 16.5. The molecule has 3 aromatic rings. The predicted molar refractivity (Wildman–Crippen MR) is 117 cm³/mol. The summed E-state index contributed by atoms with van der Waals surface area (Å²) in [6.07, 6.45) is 13.1. The molecule has 0 fully saturated rings. The standard InChI is InChI=1S/C24H32N2O3/c1-3-4-5-6-7-8-9-10-11-22-16-20-18-26(24(27)25-23(20)29-22)17-19-12-14-21(28-2)15-13-19/h12-16,18H,3-11,17H2,1-2H3. The largest absolute Gasteiger partial charge is 0.497 e. The maximum atomic E-state index is 12.3. The fourth-order valence-corrected chi connectivity index (χ4v) is 3.60. The number of ether oxygens (including phenoxy) is 1. The second-order valence-corrected chi connectivity index (χ2v) is 7.70. The Hall–Kier alpha value is -2.56. The van der Waals surface area contributed by atoms with Crippen LogP contribution in [0.1, 0.15) is 69.6 Å². The Morgan fingerprint density at radius 2 is 1.69 bits per heavy atom. The van der Waals surface area contributed by atoms with Gasteiger partial charge in [0, 0.05) is 12.6 Å². The highest BCUT2D eigenvalue weighted by Crippen LogP contribution is 2.19. The number of unbranched alkanes of at least 4 members (excludes halogenated alkanes) is 7. The minimum atomic E-state index is -0.290. The molecule has 2 heterocycles. The van der Waals surface area contributed by atoms with Crippen LogP contribution in [0.5, 0.6) is 5.75 Å². The quantitative estimate of drug-likeness (QED) is 0.367. The number of furan rings is 1. The summed E-state index contributed by atoms with van der Waals surface area (Å²) in [7, 11) is 1.64. The lowest BCUT2D eigenvalue weighted by Gasteiger charge is -2.06. The molecule has 156 valence electrons. The van der Waals surface area contributed by atoms with Gasteiger partial charge in [0.15, 0.2) is 0 Å². The van der Waals surface area contributed by atoms with Gasteiger partial charge in [0.1, 0.15) is 11.5 Å². The van der Waals surface area contributed by atoms with Crippen molar-refractivity contribution in [2.24, 2.45) is 0 Å². The first-order valence-corrected chi connectivity index (χ1v) is 10.8. The van der Waals surface area contributed by atoms with E-state index < -0.39 is 0 Å². The summed E-state index contributed by atoms with van der Waals surface area (Å²) >= 11 is 0. The molecule has 0 spiro atoms. The molecule has 0 atom stereocenters.